The molecule has 19 heavy (non-hydrogen) atoms. The van der Waals surface area contributed by atoms with Gasteiger partial charge in [0.2, 0.25) is 0 Å². The van der Waals surface area contributed by atoms with Gasteiger partial charge >= 0.3 is 0 Å². The van der Waals surface area contributed by atoms with Gasteiger partial charge in [0.1, 0.15) is 0 Å². The molecule has 4 unspecified atom stereocenters. The van der Waals surface area contributed by atoms with E-state index in [0.29, 0.717) is 22.9 Å². The van der Waals surface area contributed by atoms with Crippen molar-refractivity contribution in [2.24, 2.45) is 16.7 Å². The predicted molar refractivity (Wildman–Crippen MR) is 78.8 cm³/mol. The van der Waals surface area contributed by atoms with Crippen LogP contribution >= 0.6 is 0 Å². The maximum absolute atomic E-state index is 4.23. The monoisotopic (exact) mass is 258 g/mol. The molecular weight excluding hydrogens is 232 g/mol. The first-order valence-electron chi connectivity index (χ1n) is 7.61. The molecule has 2 fully saturated rings. The lowest BCUT2D eigenvalue weighted by Crippen LogP contribution is -2.45. The molecule has 1 aromatic heterocycles. The average molecular weight is 258 g/mol. The van der Waals surface area contributed by atoms with Gasteiger partial charge in [0.25, 0.3) is 0 Å². The van der Waals surface area contributed by atoms with Crippen LogP contribution in [-0.4, -0.2) is 11.0 Å². The second kappa shape index (κ2) is 4.31. The van der Waals surface area contributed by atoms with Crippen LogP contribution in [0.25, 0.3) is 0 Å². The summed E-state index contributed by atoms with van der Waals surface area (Å²) in [7, 11) is 0. The Balaban J connectivity index is 1.76. The van der Waals surface area contributed by atoms with Crippen molar-refractivity contribution in [1.29, 1.82) is 0 Å². The Morgan fingerprint density at radius 3 is 2.68 bits per heavy atom. The number of nitrogens with one attached hydrogen (secondary N) is 1. The third kappa shape index (κ3) is 1.84. The number of pyridine rings is 1. The number of aromatic nitrogens is 1. The Kier molecular flexibility index (Phi) is 2.97. The summed E-state index contributed by atoms with van der Waals surface area (Å²) in [6.07, 6.45) is 7.97. The summed E-state index contributed by atoms with van der Waals surface area (Å²) in [5.41, 5.74) is 2.24. The highest BCUT2D eigenvalue weighted by atomic mass is 15.0. The summed E-state index contributed by atoms with van der Waals surface area (Å²) in [5.74, 6) is 0.899. The van der Waals surface area contributed by atoms with Crippen molar-refractivity contribution in [3.63, 3.8) is 0 Å². The van der Waals surface area contributed by atoms with Crippen molar-refractivity contribution in [2.45, 2.75) is 59.0 Å². The van der Waals surface area contributed by atoms with E-state index >= 15 is 0 Å². The second-order valence-corrected chi connectivity index (χ2v) is 7.34. The summed E-state index contributed by atoms with van der Waals surface area (Å²) >= 11 is 0. The number of hydrogen-bond donors (Lipinski definition) is 1. The average Bonchev–Trinajstić information content (AvgIpc) is 2.73. The van der Waals surface area contributed by atoms with E-state index in [4.69, 9.17) is 0 Å². The molecule has 2 saturated carbocycles. The molecule has 0 aromatic carbocycles. The predicted octanol–water partition coefficient (Wildman–Crippen LogP) is 3.95. The van der Waals surface area contributed by atoms with E-state index in [1.54, 1.807) is 0 Å². The largest absolute Gasteiger partial charge is 0.307 e. The van der Waals surface area contributed by atoms with Gasteiger partial charge < -0.3 is 5.32 Å². The minimum Gasteiger partial charge on any atom is -0.307 e. The van der Waals surface area contributed by atoms with Crippen LogP contribution in [0.3, 0.4) is 0 Å². The fourth-order valence-corrected chi connectivity index (χ4v) is 4.49. The molecule has 3 rings (SSSR count). The Hall–Kier alpha value is -0.890. The lowest BCUT2D eigenvalue weighted by Gasteiger charge is -2.40. The summed E-state index contributed by atoms with van der Waals surface area (Å²) < 4.78 is 0. The Morgan fingerprint density at radius 2 is 2.16 bits per heavy atom. The van der Waals surface area contributed by atoms with Crippen molar-refractivity contribution < 1.29 is 0 Å². The van der Waals surface area contributed by atoms with Crippen LogP contribution in [0.4, 0.5) is 0 Å². The van der Waals surface area contributed by atoms with E-state index in [2.05, 4.69) is 44.1 Å². The molecule has 2 aliphatic rings. The topological polar surface area (TPSA) is 24.9 Å². The zero-order chi connectivity index (χ0) is 13.7. The van der Waals surface area contributed by atoms with Crippen molar-refractivity contribution >= 4 is 0 Å². The quantitative estimate of drug-likeness (QED) is 0.888. The van der Waals surface area contributed by atoms with Crippen LogP contribution in [0.5, 0.6) is 0 Å². The third-order valence-electron chi connectivity index (χ3n) is 6.43. The van der Waals surface area contributed by atoms with Crippen molar-refractivity contribution in [2.75, 3.05) is 0 Å². The smallest absolute Gasteiger partial charge is 0.0315 e. The maximum atomic E-state index is 4.23. The molecule has 0 saturated heterocycles. The van der Waals surface area contributed by atoms with Gasteiger partial charge in [-0.05, 0) is 54.6 Å². The van der Waals surface area contributed by atoms with Gasteiger partial charge in [0.05, 0.1) is 0 Å². The maximum Gasteiger partial charge on any atom is 0.0315 e. The van der Waals surface area contributed by atoms with E-state index < -0.39 is 0 Å². The zero-order valence-corrected chi connectivity index (χ0v) is 12.6. The summed E-state index contributed by atoms with van der Waals surface area (Å²) in [5, 5.41) is 3.88. The molecule has 2 bridgehead atoms. The van der Waals surface area contributed by atoms with Crippen LogP contribution in [0.1, 0.15) is 58.6 Å². The summed E-state index contributed by atoms with van der Waals surface area (Å²) in [6, 6.07) is 5.24. The molecule has 2 nitrogen and oxygen atoms in total. The van der Waals surface area contributed by atoms with Gasteiger partial charge in [-0.15, -0.1) is 0 Å². The van der Waals surface area contributed by atoms with Crippen LogP contribution in [0, 0.1) is 16.7 Å². The van der Waals surface area contributed by atoms with Gasteiger partial charge in [-0.25, -0.2) is 0 Å². The minimum atomic E-state index is 0.394. The van der Waals surface area contributed by atoms with E-state index in [-0.39, 0.29) is 0 Å². The molecule has 0 aliphatic heterocycles. The molecule has 104 valence electrons. The first kappa shape index (κ1) is 13.1. The minimum absolute atomic E-state index is 0.394. The molecular formula is C17H26N2. The molecule has 1 aromatic rings. The molecule has 2 heteroatoms. The van der Waals surface area contributed by atoms with Gasteiger partial charge in [-0.3, -0.25) is 4.98 Å². The Morgan fingerprint density at radius 1 is 1.37 bits per heavy atom. The SMILES string of the molecule is CC(NC1CC2CCC1(C)C2(C)C)c1cccnc1. The second-order valence-electron chi connectivity index (χ2n) is 7.34. The Labute approximate surface area is 117 Å². The van der Waals surface area contributed by atoms with Crippen LogP contribution < -0.4 is 5.32 Å². The fraction of sp³-hybridized carbons (Fsp3) is 0.706. The molecule has 0 spiro atoms. The van der Waals surface area contributed by atoms with E-state index in [1.807, 2.05) is 18.5 Å². The van der Waals surface area contributed by atoms with E-state index in [9.17, 15) is 0 Å². The van der Waals surface area contributed by atoms with Gasteiger partial charge in [0.15, 0.2) is 0 Å². The van der Waals surface area contributed by atoms with Crippen molar-refractivity contribution in [3.8, 4) is 0 Å². The lowest BCUT2D eigenvalue weighted by atomic mass is 9.69. The first-order chi connectivity index (χ1) is 8.95. The van der Waals surface area contributed by atoms with Crippen LogP contribution in [0.15, 0.2) is 24.5 Å². The molecule has 4 atom stereocenters. The molecule has 0 radical (unpaired) electrons. The standard InChI is InChI=1S/C17H26N2/c1-12(13-6-5-9-18-11-13)19-15-10-14-7-8-17(15,4)16(14,2)3/h5-6,9,11-12,14-15,19H,7-8,10H2,1-4H3. The molecule has 1 N–H and O–H groups in total. The molecule has 1 heterocycles. The number of hydrogen-bond acceptors (Lipinski definition) is 2. The normalized spacial score (nSPS) is 37.5. The van der Waals surface area contributed by atoms with E-state index in [0.717, 1.165) is 5.92 Å². The van der Waals surface area contributed by atoms with Crippen molar-refractivity contribution in [1.82, 2.24) is 10.3 Å². The summed E-state index contributed by atoms with van der Waals surface area (Å²) in [6.45, 7) is 9.70. The van der Waals surface area contributed by atoms with Gasteiger partial charge in [-0.2, -0.15) is 0 Å². The Bertz CT molecular complexity index is 454. The molecule has 0 amide bonds. The van der Waals surface area contributed by atoms with Crippen LogP contribution in [-0.2, 0) is 0 Å². The van der Waals surface area contributed by atoms with Crippen LogP contribution in [0.2, 0.25) is 0 Å². The van der Waals surface area contributed by atoms with E-state index in [1.165, 1.54) is 24.8 Å². The van der Waals surface area contributed by atoms with Crippen molar-refractivity contribution in [3.05, 3.63) is 30.1 Å². The highest BCUT2D eigenvalue weighted by Gasteiger charge is 2.61. The zero-order valence-electron chi connectivity index (χ0n) is 12.6. The number of fused-ring (bicyclic) bond motifs is 2. The third-order valence-corrected chi connectivity index (χ3v) is 6.43. The lowest BCUT2D eigenvalue weighted by molar-refractivity contribution is 0.116. The highest BCUT2D eigenvalue weighted by molar-refractivity contribution is 5.17. The van der Waals surface area contributed by atoms with Gasteiger partial charge in [-0.1, -0.05) is 26.8 Å². The fourth-order valence-electron chi connectivity index (χ4n) is 4.49. The molecule has 2 aliphatic carbocycles. The number of rotatable bonds is 3. The highest BCUT2D eigenvalue weighted by Crippen LogP contribution is 2.65. The summed E-state index contributed by atoms with van der Waals surface area (Å²) in [4.78, 5) is 4.23. The first-order valence-corrected chi connectivity index (χ1v) is 7.61. The number of nitrogens with zero attached hydrogens (tertiary/aromatic N) is 1. The van der Waals surface area contributed by atoms with Gasteiger partial charge in [0, 0.05) is 24.5 Å².